The van der Waals surface area contributed by atoms with Crippen molar-refractivity contribution in [2.45, 2.75) is 297 Å². The summed E-state index contributed by atoms with van der Waals surface area (Å²) in [5, 5.41) is 0. The maximum atomic E-state index is 12.8. The predicted molar refractivity (Wildman–Crippen MR) is 261 cm³/mol. The number of rotatable bonds is 49. The molecule has 0 aliphatic carbocycles. The summed E-state index contributed by atoms with van der Waals surface area (Å²) in [4.78, 5) is 38.0. The summed E-state index contributed by atoms with van der Waals surface area (Å²) < 4.78 is 16.8. The first-order valence-electron chi connectivity index (χ1n) is 26.8. The first kappa shape index (κ1) is 58.9. The lowest BCUT2D eigenvalue weighted by Crippen LogP contribution is -2.30. The molecule has 0 aromatic rings. The standard InChI is InChI=1S/C55H102O6/c1-4-7-10-13-16-19-22-25-27-30-32-35-38-41-44-47-53(56)59-50-52(61-55(58)49-46-43-40-37-34-29-24-21-18-15-12-9-6-3)51-60-54(57)48-45-42-39-36-33-31-28-26-23-20-17-14-11-8-5-2/h19,22,26,28,52H,4-18,20-21,23-25,27,29-51H2,1-3H3. The van der Waals surface area contributed by atoms with Gasteiger partial charge in [-0.3, -0.25) is 14.4 Å². The molecule has 0 saturated heterocycles. The summed E-state index contributed by atoms with van der Waals surface area (Å²) in [6, 6.07) is 0. The Morgan fingerprint density at radius 1 is 0.311 bits per heavy atom. The van der Waals surface area contributed by atoms with Crippen LogP contribution < -0.4 is 0 Å². The highest BCUT2D eigenvalue weighted by molar-refractivity contribution is 5.71. The number of allylic oxidation sites excluding steroid dienone is 4. The van der Waals surface area contributed by atoms with Crippen LogP contribution in [0.1, 0.15) is 290 Å². The molecule has 1 unspecified atom stereocenters. The van der Waals surface area contributed by atoms with Gasteiger partial charge in [-0.2, -0.15) is 0 Å². The number of carbonyl (C=O) groups is 3. The van der Waals surface area contributed by atoms with Crippen LogP contribution in [-0.2, 0) is 28.6 Å². The minimum Gasteiger partial charge on any atom is -0.462 e. The Morgan fingerprint density at radius 2 is 0.541 bits per heavy atom. The normalized spacial score (nSPS) is 12.1. The van der Waals surface area contributed by atoms with Crippen LogP contribution >= 0.6 is 0 Å². The zero-order valence-corrected chi connectivity index (χ0v) is 40.9. The van der Waals surface area contributed by atoms with E-state index in [2.05, 4.69) is 45.1 Å². The fourth-order valence-corrected chi connectivity index (χ4v) is 7.84. The van der Waals surface area contributed by atoms with Crippen molar-refractivity contribution in [1.29, 1.82) is 0 Å². The van der Waals surface area contributed by atoms with Crippen molar-refractivity contribution in [1.82, 2.24) is 0 Å². The second-order valence-electron chi connectivity index (χ2n) is 18.1. The topological polar surface area (TPSA) is 78.9 Å². The van der Waals surface area contributed by atoms with Gasteiger partial charge in [-0.1, -0.05) is 225 Å². The zero-order chi connectivity index (χ0) is 44.4. The smallest absolute Gasteiger partial charge is 0.306 e. The Hall–Kier alpha value is -2.11. The molecule has 0 heterocycles. The molecule has 358 valence electrons. The Balaban J connectivity index is 4.35. The van der Waals surface area contributed by atoms with E-state index in [0.717, 1.165) is 64.2 Å². The van der Waals surface area contributed by atoms with Crippen LogP contribution in [0.4, 0.5) is 0 Å². The van der Waals surface area contributed by atoms with Crippen LogP contribution in [-0.4, -0.2) is 37.2 Å². The lowest BCUT2D eigenvalue weighted by atomic mass is 10.0. The maximum absolute atomic E-state index is 12.8. The van der Waals surface area contributed by atoms with Crippen molar-refractivity contribution in [2.75, 3.05) is 13.2 Å². The molecule has 1 atom stereocenters. The molecule has 0 aliphatic heterocycles. The Kier molecular flexibility index (Phi) is 48.8. The third kappa shape index (κ3) is 48.8. The van der Waals surface area contributed by atoms with Crippen molar-refractivity contribution in [3.63, 3.8) is 0 Å². The second-order valence-corrected chi connectivity index (χ2v) is 18.1. The van der Waals surface area contributed by atoms with Crippen molar-refractivity contribution >= 4 is 17.9 Å². The molecule has 0 fully saturated rings. The molecule has 0 radical (unpaired) electrons. The van der Waals surface area contributed by atoms with E-state index in [1.807, 2.05) is 0 Å². The molecular weight excluding hydrogens is 757 g/mol. The second kappa shape index (κ2) is 50.5. The van der Waals surface area contributed by atoms with Gasteiger partial charge in [0.25, 0.3) is 0 Å². The van der Waals surface area contributed by atoms with E-state index in [1.165, 1.54) is 186 Å². The van der Waals surface area contributed by atoms with Crippen LogP contribution in [0.25, 0.3) is 0 Å². The molecule has 0 aromatic heterocycles. The molecule has 0 amide bonds. The van der Waals surface area contributed by atoms with Crippen molar-refractivity contribution < 1.29 is 28.6 Å². The zero-order valence-electron chi connectivity index (χ0n) is 40.9. The fourth-order valence-electron chi connectivity index (χ4n) is 7.84. The van der Waals surface area contributed by atoms with Crippen LogP contribution in [0.5, 0.6) is 0 Å². The minimum absolute atomic E-state index is 0.0724. The fraction of sp³-hybridized carbons (Fsp3) is 0.873. The summed E-state index contributed by atoms with van der Waals surface area (Å²) in [5.74, 6) is -0.870. The molecular formula is C55H102O6. The Bertz CT molecular complexity index is 989. The number of unbranched alkanes of at least 4 members (excludes halogenated alkanes) is 34. The highest BCUT2D eigenvalue weighted by Gasteiger charge is 2.19. The van der Waals surface area contributed by atoms with Gasteiger partial charge in [0.1, 0.15) is 13.2 Å². The molecule has 6 heteroatoms. The molecule has 0 spiro atoms. The first-order valence-corrected chi connectivity index (χ1v) is 26.8. The quantitative estimate of drug-likeness (QED) is 0.0262. The third-order valence-corrected chi connectivity index (χ3v) is 11.9. The van der Waals surface area contributed by atoms with Crippen LogP contribution in [0.15, 0.2) is 24.3 Å². The maximum Gasteiger partial charge on any atom is 0.306 e. The number of ether oxygens (including phenoxy) is 3. The van der Waals surface area contributed by atoms with Gasteiger partial charge < -0.3 is 14.2 Å². The van der Waals surface area contributed by atoms with Crippen molar-refractivity contribution in [3.8, 4) is 0 Å². The molecule has 0 N–H and O–H groups in total. The molecule has 0 aromatic carbocycles. The number of hydrogen-bond donors (Lipinski definition) is 0. The minimum atomic E-state index is -0.771. The molecule has 61 heavy (non-hydrogen) atoms. The SMILES string of the molecule is CCCCCCC=CCCCCCCCCCC(=O)OCC(COC(=O)CCCCCCCC=CCCCCCCCC)OC(=O)CCCCCCCCCCCCCCC. The summed E-state index contributed by atoms with van der Waals surface area (Å²) in [7, 11) is 0. The van der Waals surface area contributed by atoms with Crippen molar-refractivity contribution in [2.24, 2.45) is 0 Å². The number of hydrogen-bond acceptors (Lipinski definition) is 6. The van der Waals surface area contributed by atoms with E-state index in [9.17, 15) is 14.4 Å². The van der Waals surface area contributed by atoms with Crippen molar-refractivity contribution in [3.05, 3.63) is 24.3 Å². The monoisotopic (exact) mass is 859 g/mol. The molecule has 0 bridgehead atoms. The van der Waals surface area contributed by atoms with E-state index in [4.69, 9.17) is 14.2 Å². The van der Waals surface area contributed by atoms with Gasteiger partial charge in [0, 0.05) is 19.3 Å². The number of carbonyl (C=O) groups excluding carboxylic acids is 3. The third-order valence-electron chi connectivity index (χ3n) is 11.9. The van der Waals surface area contributed by atoms with Crippen LogP contribution in [0.3, 0.4) is 0 Å². The lowest BCUT2D eigenvalue weighted by Gasteiger charge is -2.18. The molecule has 0 aliphatic rings. The highest BCUT2D eigenvalue weighted by Crippen LogP contribution is 2.16. The van der Waals surface area contributed by atoms with E-state index in [0.29, 0.717) is 19.3 Å². The summed E-state index contributed by atoms with van der Waals surface area (Å²) >= 11 is 0. The molecule has 0 saturated carbocycles. The van der Waals surface area contributed by atoms with Gasteiger partial charge in [-0.05, 0) is 70.6 Å². The average molecular weight is 859 g/mol. The first-order chi connectivity index (χ1) is 30.0. The highest BCUT2D eigenvalue weighted by atomic mass is 16.6. The number of esters is 3. The largest absolute Gasteiger partial charge is 0.462 e. The van der Waals surface area contributed by atoms with Crippen LogP contribution in [0.2, 0.25) is 0 Å². The van der Waals surface area contributed by atoms with E-state index >= 15 is 0 Å². The summed E-state index contributed by atoms with van der Waals surface area (Å²) in [5.41, 5.74) is 0. The van der Waals surface area contributed by atoms with Crippen LogP contribution in [0, 0.1) is 0 Å². The molecule has 0 rings (SSSR count). The van der Waals surface area contributed by atoms with E-state index in [1.54, 1.807) is 0 Å². The average Bonchev–Trinajstić information content (AvgIpc) is 3.26. The van der Waals surface area contributed by atoms with Gasteiger partial charge in [0.2, 0.25) is 0 Å². The summed E-state index contributed by atoms with van der Waals surface area (Å²) in [6.45, 7) is 6.64. The van der Waals surface area contributed by atoms with Gasteiger partial charge >= 0.3 is 17.9 Å². The predicted octanol–water partition coefficient (Wildman–Crippen LogP) is 17.5. The van der Waals surface area contributed by atoms with Gasteiger partial charge in [0.05, 0.1) is 0 Å². The Labute approximate surface area is 379 Å². The molecule has 6 nitrogen and oxygen atoms in total. The van der Waals surface area contributed by atoms with Gasteiger partial charge in [0.15, 0.2) is 6.10 Å². The Morgan fingerprint density at radius 3 is 0.836 bits per heavy atom. The van der Waals surface area contributed by atoms with Gasteiger partial charge in [-0.25, -0.2) is 0 Å². The van der Waals surface area contributed by atoms with E-state index < -0.39 is 6.10 Å². The lowest BCUT2D eigenvalue weighted by molar-refractivity contribution is -0.167. The van der Waals surface area contributed by atoms with E-state index in [-0.39, 0.29) is 31.1 Å². The summed E-state index contributed by atoms with van der Waals surface area (Å²) in [6.07, 6.45) is 57.3. The van der Waals surface area contributed by atoms with Gasteiger partial charge in [-0.15, -0.1) is 0 Å².